The monoisotopic (exact) mass is 288 g/mol. The van der Waals surface area contributed by atoms with Gasteiger partial charge in [-0.25, -0.2) is 9.59 Å². The van der Waals surface area contributed by atoms with Gasteiger partial charge in [0.2, 0.25) is 5.91 Å². The molecule has 1 fully saturated rings. The molecule has 104 valence electrons. The van der Waals surface area contributed by atoms with Gasteiger partial charge in [0.05, 0.1) is 16.2 Å². The number of rotatable bonds is 5. The summed E-state index contributed by atoms with van der Waals surface area (Å²) in [6, 6.07) is 0. The summed E-state index contributed by atoms with van der Waals surface area (Å²) in [5.41, 5.74) is 4.65. The molecule has 0 radical (unpaired) electrons. The number of ether oxygens (including phenoxy) is 1. The van der Waals surface area contributed by atoms with Crippen molar-refractivity contribution in [1.29, 1.82) is 0 Å². The van der Waals surface area contributed by atoms with Crippen molar-refractivity contribution >= 4 is 29.7 Å². The highest BCUT2D eigenvalue weighted by atomic mass is 32.2. The van der Waals surface area contributed by atoms with Crippen molar-refractivity contribution in [3.8, 4) is 0 Å². The molecule has 0 aromatic carbocycles. The fraction of sp³-hybridized carbons (Fsp3) is 0.500. The van der Waals surface area contributed by atoms with Crippen molar-refractivity contribution in [2.45, 2.75) is 11.8 Å². The van der Waals surface area contributed by atoms with Gasteiger partial charge in [-0.05, 0) is 6.42 Å². The molecule has 2 aliphatic rings. The van der Waals surface area contributed by atoms with Crippen molar-refractivity contribution in [3.63, 3.8) is 0 Å². The van der Waals surface area contributed by atoms with Crippen LogP contribution in [-0.4, -0.2) is 51.7 Å². The van der Waals surface area contributed by atoms with E-state index in [0.29, 0.717) is 0 Å². The predicted molar refractivity (Wildman–Crippen MR) is 63.6 cm³/mol. The Morgan fingerprint density at radius 2 is 2.16 bits per heavy atom. The molecule has 0 bridgehead atoms. The molecule has 2 atom stereocenters. The molecule has 0 aliphatic carbocycles. The number of carbonyl (C=O) groups excluding carboxylic acids is 2. The average molecular weight is 288 g/mol. The molecule has 8 nitrogen and oxygen atoms in total. The molecule has 1 saturated heterocycles. The van der Waals surface area contributed by atoms with Gasteiger partial charge in [0.15, 0.2) is 0 Å². The number of carboxylic acids is 1. The molecular weight excluding hydrogens is 276 g/mol. The van der Waals surface area contributed by atoms with E-state index in [1.807, 2.05) is 0 Å². The zero-order valence-corrected chi connectivity index (χ0v) is 10.6. The summed E-state index contributed by atoms with van der Waals surface area (Å²) < 4.78 is 4.57. The molecule has 1 unspecified atom stereocenters. The van der Waals surface area contributed by atoms with Gasteiger partial charge in [-0.3, -0.25) is 9.69 Å². The van der Waals surface area contributed by atoms with Gasteiger partial charge < -0.3 is 20.7 Å². The number of fused-ring (bicyclic) bond motifs is 1. The van der Waals surface area contributed by atoms with E-state index in [-0.39, 0.29) is 41.5 Å². The molecule has 2 rings (SSSR count). The lowest BCUT2D eigenvalue weighted by Crippen LogP contribution is -2.57. The number of aliphatic carboxylic acids is 1. The summed E-state index contributed by atoms with van der Waals surface area (Å²) in [6.45, 7) is -0.412. The third-order valence-corrected chi connectivity index (χ3v) is 4.29. The highest BCUT2D eigenvalue weighted by Crippen LogP contribution is 2.50. The van der Waals surface area contributed by atoms with E-state index in [9.17, 15) is 14.4 Å². The first-order valence-corrected chi connectivity index (χ1v) is 6.34. The maximum Gasteiger partial charge on any atom is 0.404 e. The fourth-order valence-electron chi connectivity index (χ4n) is 2.10. The lowest BCUT2D eigenvalue weighted by Gasteiger charge is -2.42. The summed E-state index contributed by atoms with van der Waals surface area (Å²) in [5.74, 6) is -2.00. The van der Waals surface area contributed by atoms with Gasteiger partial charge in [0.25, 0.3) is 0 Å². The van der Waals surface area contributed by atoms with Gasteiger partial charge >= 0.3 is 12.1 Å². The number of β-lactam (4-membered cyclic amide) rings is 1. The van der Waals surface area contributed by atoms with Crippen LogP contribution >= 0.6 is 11.8 Å². The van der Waals surface area contributed by atoms with Gasteiger partial charge in [0, 0.05) is 6.61 Å². The van der Waals surface area contributed by atoms with E-state index in [1.165, 1.54) is 0 Å². The van der Waals surface area contributed by atoms with Crippen molar-refractivity contribution in [2.75, 3.05) is 13.2 Å². The topological polar surface area (TPSA) is 130 Å². The first-order valence-electron chi connectivity index (χ1n) is 5.46. The Morgan fingerprint density at radius 3 is 2.68 bits per heavy atom. The number of carboxylic acid groups (broad SMARTS) is 1. The number of aliphatic hydroxyl groups excluding tert-OH is 1. The Labute approximate surface area is 112 Å². The number of aliphatic hydroxyl groups is 1. The van der Waals surface area contributed by atoms with Crippen LogP contribution in [0.1, 0.15) is 6.42 Å². The van der Waals surface area contributed by atoms with E-state index in [2.05, 4.69) is 4.74 Å². The van der Waals surface area contributed by atoms with Gasteiger partial charge in [-0.2, -0.15) is 0 Å². The van der Waals surface area contributed by atoms with Crippen molar-refractivity contribution in [2.24, 2.45) is 11.7 Å². The minimum atomic E-state index is -1.26. The average Bonchev–Trinajstić information content (AvgIpc) is 2.68. The first kappa shape index (κ1) is 13.7. The number of amides is 2. The van der Waals surface area contributed by atoms with Crippen LogP contribution < -0.4 is 5.73 Å². The Bertz CT molecular complexity index is 477. The zero-order valence-electron chi connectivity index (χ0n) is 9.74. The number of nitrogens with two attached hydrogens (primary N) is 1. The maximum atomic E-state index is 11.8. The van der Waals surface area contributed by atoms with E-state index in [0.717, 1.165) is 16.7 Å². The Hall–Kier alpha value is -1.74. The standard InChI is InChI=1S/C10H12N2O6S/c11-10(17)18-3-5-6(9(15)16)12-7(14)4(1-2-13)8(12)19-5/h4,8,13H,1-3H2,(H2,11,17)(H,15,16)/t4?,8-/m1/s1. The molecule has 2 aliphatic heterocycles. The van der Waals surface area contributed by atoms with E-state index in [1.54, 1.807) is 0 Å². The Balaban J connectivity index is 2.16. The SMILES string of the molecule is NC(=O)OCC1=C(C(=O)O)N2C(=O)C(CCO)[C@H]2S1. The summed E-state index contributed by atoms with van der Waals surface area (Å²) in [5, 5.41) is 17.6. The van der Waals surface area contributed by atoms with Crippen LogP contribution in [0.2, 0.25) is 0 Å². The van der Waals surface area contributed by atoms with E-state index in [4.69, 9.17) is 15.9 Å². The number of hydrogen-bond donors (Lipinski definition) is 3. The maximum absolute atomic E-state index is 11.8. The largest absolute Gasteiger partial charge is 0.477 e. The highest BCUT2D eigenvalue weighted by molar-refractivity contribution is 8.04. The molecule has 0 spiro atoms. The minimum Gasteiger partial charge on any atom is -0.477 e. The summed E-state index contributed by atoms with van der Waals surface area (Å²) in [4.78, 5) is 35.0. The highest BCUT2D eigenvalue weighted by Gasteiger charge is 2.55. The molecule has 4 N–H and O–H groups in total. The van der Waals surface area contributed by atoms with Crippen LogP contribution in [0.4, 0.5) is 4.79 Å². The molecule has 9 heteroatoms. The van der Waals surface area contributed by atoms with Gasteiger partial charge in [0.1, 0.15) is 12.3 Å². The molecular formula is C10H12N2O6S. The zero-order chi connectivity index (χ0) is 14.2. The van der Waals surface area contributed by atoms with Crippen LogP contribution in [0.3, 0.4) is 0 Å². The van der Waals surface area contributed by atoms with Gasteiger partial charge in [-0.1, -0.05) is 11.8 Å². The second-order valence-electron chi connectivity index (χ2n) is 4.02. The number of thioether (sulfide) groups is 1. The van der Waals surface area contributed by atoms with Crippen LogP contribution in [0.5, 0.6) is 0 Å². The predicted octanol–water partition coefficient (Wildman–Crippen LogP) is -0.708. The fourth-order valence-corrected chi connectivity index (χ4v) is 3.55. The van der Waals surface area contributed by atoms with Crippen molar-refractivity contribution < 1.29 is 29.3 Å². The molecule has 2 amide bonds. The van der Waals surface area contributed by atoms with E-state index >= 15 is 0 Å². The number of carbonyl (C=O) groups is 3. The third kappa shape index (κ3) is 2.26. The second-order valence-corrected chi connectivity index (χ2v) is 5.23. The molecule has 0 aromatic rings. The van der Waals surface area contributed by atoms with Crippen LogP contribution in [-0.2, 0) is 14.3 Å². The van der Waals surface area contributed by atoms with Crippen LogP contribution in [0.25, 0.3) is 0 Å². The molecule has 0 aromatic heterocycles. The molecule has 19 heavy (non-hydrogen) atoms. The quantitative estimate of drug-likeness (QED) is 0.570. The van der Waals surface area contributed by atoms with Gasteiger partial charge in [-0.15, -0.1) is 0 Å². The number of hydrogen-bond acceptors (Lipinski definition) is 6. The lowest BCUT2D eigenvalue weighted by molar-refractivity contribution is -0.152. The molecule has 2 heterocycles. The molecule has 0 saturated carbocycles. The second kappa shape index (κ2) is 5.10. The van der Waals surface area contributed by atoms with Crippen molar-refractivity contribution in [1.82, 2.24) is 4.90 Å². The summed E-state index contributed by atoms with van der Waals surface area (Å²) >= 11 is 1.15. The smallest absolute Gasteiger partial charge is 0.404 e. The van der Waals surface area contributed by atoms with Crippen LogP contribution in [0, 0.1) is 5.92 Å². The van der Waals surface area contributed by atoms with E-state index < -0.39 is 18.0 Å². The summed E-state index contributed by atoms with van der Waals surface area (Å²) in [6.07, 6.45) is -0.727. The Morgan fingerprint density at radius 1 is 1.47 bits per heavy atom. The first-order chi connectivity index (χ1) is 8.97. The minimum absolute atomic E-state index is 0.142. The number of nitrogens with zero attached hydrogens (tertiary/aromatic N) is 1. The Kier molecular flexibility index (Phi) is 3.67. The number of primary amides is 1. The summed E-state index contributed by atoms with van der Waals surface area (Å²) in [7, 11) is 0. The lowest BCUT2D eigenvalue weighted by atomic mass is 9.94. The normalized spacial score (nSPS) is 25.1. The van der Waals surface area contributed by atoms with Crippen molar-refractivity contribution in [3.05, 3.63) is 10.6 Å². The van der Waals surface area contributed by atoms with Crippen LogP contribution in [0.15, 0.2) is 10.6 Å². The third-order valence-electron chi connectivity index (χ3n) is 2.91.